The Balaban J connectivity index is 1.82. The molecule has 0 saturated carbocycles. The Hall–Kier alpha value is -2.30. The van der Waals surface area contributed by atoms with E-state index in [-0.39, 0.29) is 23.2 Å². The predicted molar refractivity (Wildman–Crippen MR) is 85.4 cm³/mol. The van der Waals surface area contributed by atoms with Crippen LogP contribution in [0.2, 0.25) is 0 Å². The fraction of sp³-hybridized carbons (Fsp3) is 0.500. The number of amides is 1. The fourth-order valence-electron chi connectivity index (χ4n) is 2.91. The molecule has 1 N–H and O–H groups in total. The molecule has 0 aliphatic carbocycles. The van der Waals surface area contributed by atoms with Crippen molar-refractivity contribution >= 4 is 21.4 Å². The Morgan fingerprint density at radius 3 is 2.64 bits per heavy atom. The number of anilines is 1. The number of nitrogens with one attached hydrogen (secondary N) is 1. The molecule has 8 nitrogen and oxygen atoms in total. The molecule has 1 aliphatic heterocycles. The quantitative estimate of drug-likeness (QED) is 0.880. The van der Waals surface area contributed by atoms with E-state index in [0.717, 1.165) is 6.20 Å². The van der Waals surface area contributed by atoms with Crippen LogP contribution in [0.5, 0.6) is 0 Å². The molecule has 1 fully saturated rings. The van der Waals surface area contributed by atoms with Crippen LogP contribution in [0.15, 0.2) is 12.3 Å². The van der Waals surface area contributed by atoms with Crippen LogP contribution in [-0.4, -0.2) is 45.4 Å². The first-order chi connectivity index (χ1) is 11.7. The molecule has 0 spiro atoms. The van der Waals surface area contributed by atoms with Gasteiger partial charge in [0.05, 0.1) is 34.6 Å². The van der Waals surface area contributed by atoms with Crippen molar-refractivity contribution in [3.63, 3.8) is 0 Å². The number of nitrogens with zero attached hydrogens (tertiary/aromatic N) is 4. The second-order valence-electron chi connectivity index (χ2n) is 5.96. The molecule has 0 radical (unpaired) electrons. The normalized spacial score (nSPS) is 19.5. The van der Waals surface area contributed by atoms with Crippen LogP contribution in [0, 0.1) is 13.8 Å². The molecule has 1 amide bonds. The van der Waals surface area contributed by atoms with E-state index in [4.69, 9.17) is 0 Å². The average molecular weight is 373 g/mol. The first-order valence-corrected chi connectivity index (χ1v) is 9.41. The summed E-state index contributed by atoms with van der Waals surface area (Å²) in [5, 5.41) is 10.5. The number of halogens is 2. The molecule has 1 aliphatic rings. The van der Waals surface area contributed by atoms with Crippen LogP contribution in [-0.2, 0) is 9.84 Å². The third-order valence-corrected chi connectivity index (χ3v) is 5.91. The fourth-order valence-corrected chi connectivity index (χ4v) is 4.61. The van der Waals surface area contributed by atoms with E-state index in [1.54, 1.807) is 18.5 Å². The van der Waals surface area contributed by atoms with Gasteiger partial charge in [-0.05, 0) is 26.3 Å². The highest BCUT2D eigenvalue weighted by Crippen LogP contribution is 2.29. The van der Waals surface area contributed by atoms with Crippen molar-refractivity contribution in [1.82, 2.24) is 19.6 Å². The molecule has 1 saturated heterocycles. The Morgan fingerprint density at radius 2 is 2.08 bits per heavy atom. The summed E-state index contributed by atoms with van der Waals surface area (Å²) in [7, 11) is -3.07. The minimum atomic E-state index is -3.07. The molecule has 1 atom stereocenters. The van der Waals surface area contributed by atoms with Gasteiger partial charge in [-0.15, -0.1) is 0 Å². The zero-order chi connectivity index (χ0) is 18.4. The van der Waals surface area contributed by atoms with Crippen molar-refractivity contribution in [3.05, 3.63) is 29.3 Å². The summed E-state index contributed by atoms with van der Waals surface area (Å²) in [5.41, 5.74) is 1.42. The van der Waals surface area contributed by atoms with Gasteiger partial charge >= 0.3 is 6.55 Å². The Morgan fingerprint density at radius 1 is 1.36 bits per heavy atom. The minimum absolute atomic E-state index is 0.0150. The van der Waals surface area contributed by atoms with Crippen LogP contribution in [0.3, 0.4) is 0 Å². The maximum atomic E-state index is 12.5. The van der Waals surface area contributed by atoms with Crippen molar-refractivity contribution in [1.29, 1.82) is 0 Å². The van der Waals surface area contributed by atoms with Crippen LogP contribution in [0.1, 0.15) is 40.9 Å². The van der Waals surface area contributed by atoms with Gasteiger partial charge in [0.2, 0.25) is 0 Å². The lowest BCUT2D eigenvalue weighted by molar-refractivity contribution is 0.0561. The summed E-state index contributed by atoms with van der Waals surface area (Å²) >= 11 is 0. The number of aromatic nitrogens is 4. The van der Waals surface area contributed by atoms with Crippen LogP contribution >= 0.6 is 0 Å². The van der Waals surface area contributed by atoms with Crippen molar-refractivity contribution < 1.29 is 22.0 Å². The SMILES string of the molecule is Cc1nn(C2CCS(=O)(=O)C2)c(C)c1NC(=O)c1ccn(C(F)F)n1. The van der Waals surface area contributed by atoms with Crippen LogP contribution < -0.4 is 5.32 Å². The lowest BCUT2D eigenvalue weighted by Crippen LogP contribution is -2.16. The first-order valence-electron chi connectivity index (χ1n) is 7.59. The zero-order valence-corrected chi connectivity index (χ0v) is 14.4. The van der Waals surface area contributed by atoms with Crippen molar-refractivity contribution in [3.8, 4) is 0 Å². The highest BCUT2D eigenvalue weighted by Gasteiger charge is 2.31. The predicted octanol–water partition coefficient (Wildman–Crippen LogP) is 1.70. The molecule has 136 valence electrons. The lowest BCUT2D eigenvalue weighted by atomic mass is 10.2. The van der Waals surface area contributed by atoms with Gasteiger partial charge in [-0.25, -0.2) is 13.1 Å². The topological polar surface area (TPSA) is 98.9 Å². The molecule has 1 unspecified atom stereocenters. The maximum absolute atomic E-state index is 12.5. The number of hydrogen-bond donors (Lipinski definition) is 1. The van der Waals surface area contributed by atoms with Crippen molar-refractivity contribution in [2.45, 2.75) is 32.9 Å². The average Bonchev–Trinajstić information content (AvgIpc) is 3.21. The van der Waals surface area contributed by atoms with Crippen LogP contribution in [0.4, 0.5) is 14.5 Å². The Labute approximate surface area is 142 Å². The lowest BCUT2D eigenvalue weighted by Gasteiger charge is -2.11. The third-order valence-electron chi connectivity index (χ3n) is 4.16. The third kappa shape index (κ3) is 3.41. The monoisotopic (exact) mass is 373 g/mol. The summed E-state index contributed by atoms with van der Waals surface area (Å²) < 4.78 is 50.4. The summed E-state index contributed by atoms with van der Waals surface area (Å²) in [6.07, 6.45) is 1.49. The molecule has 11 heteroatoms. The van der Waals surface area contributed by atoms with E-state index in [1.165, 1.54) is 6.07 Å². The molecule has 2 aromatic rings. The Bertz CT molecular complexity index is 919. The summed E-state index contributed by atoms with van der Waals surface area (Å²) in [4.78, 5) is 12.2. The molecule has 25 heavy (non-hydrogen) atoms. The van der Waals surface area contributed by atoms with Gasteiger partial charge in [-0.1, -0.05) is 0 Å². The second-order valence-corrected chi connectivity index (χ2v) is 8.19. The standard InChI is InChI=1S/C14H17F2N5O3S/c1-8-12(17-13(22)11-3-5-20(19-11)14(15)16)9(2)21(18-8)10-4-6-25(23,24)7-10/h3,5,10,14H,4,6-7H2,1-2H3,(H,17,22). The van der Waals surface area contributed by atoms with E-state index in [2.05, 4.69) is 15.5 Å². The smallest absolute Gasteiger partial charge is 0.317 e. The number of carbonyl (C=O) groups is 1. The van der Waals surface area contributed by atoms with Gasteiger partial charge in [-0.3, -0.25) is 9.48 Å². The van der Waals surface area contributed by atoms with Crippen molar-refractivity contribution in [2.24, 2.45) is 0 Å². The van der Waals surface area contributed by atoms with E-state index in [0.29, 0.717) is 28.2 Å². The van der Waals surface area contributed by atoms with E-state index in [9.17, 15) is 22.0 Å². The second kappa shape index (κ2) is 6.21. The van der Waals surface area contributed by atoms with Gasteiger partial charge in [0.1, 0.15) is 0 Å². The molecule has 0 aromatic carbocycles. The van der Waals surface area contributed by atoms with E-state index in [1.807, 2.05) is 0 Å². The number of sulfone groups is 1. The first kappa shape index (κ1) is 17.5. The largest absolute Gasteiger partial charge is 0.333 e. The number of alkyl halides is 2. The molecule has 0 bridgehead atoms. The van der Waals surface area contributed by atoms with Crippen LogP contribution in [0.25, 0.3) is 0 Å². The molecular weight excluding hydrogens is 356 g/mol. The van der Waals surface area contributed by atoms with Gasteiger partial charge in [0.15, 0.2) is 15.5 Å². The van der Waals surface area contributed by atoms with Gasteiger partial charge < -0.3 is 5.32 Å². The molecule has 3 rings (SSSR count). The van der Waals surface area contributed by atoms with Gasteiger partial charge in [0.25, 0.3) is 5.91 Å². The number of hydrogen-bond acceptors (Lipinski definition) is 5. The molecule has 3 heterocycles. The summed E-state index contributed by atoms with van der Waals surface area (Å²) in [6.45, 7) is 0.579. The maximum Gasteiger partial charge on any atom is 0.333 e. The number of carbonyl (C=O) groups excluding carboxylic acids is 1. The zero-order valence-electron chi connectivity index (χ0n) is 13.6. The number of aryl methyl sites for hydroxylation is 1. The van der Waals surface area contributed by atoms with E-state index >= 15 is 0 Å². The van der Waals surface area contributed by atoms with Gasteiger partial charge in [0, 0.05) is 6.20 Å². The summed E-state index contributed by atoms with van der Waals surface area (Å²) in [6, 6.07) is 0.924. The Kier molecular flexibility index (Phi) is 4.35. The highest BCUT2D eigenvalue weighted by molar-refractivity contribution is 7.91. The molecule has 2 aromatic heterocycles. The minimum Gasteiger partial charge on any atom is -0.317 e. The van der Waals surface area contributed by atoms with Crippen molar-refractivity contribution in [2.75, 3.05) is 16.8 Å². The number of rotatable bonds is 4. The summed E-state index contributed by atoms with van der Waals surface area (Å²) in [5.74, 6) is -0.506. The highest BCUT2D eigenvalue weighted by atomic mass is 32.2. The van der Waals surface area contributed by atoms with E-state index < -0.39 is 22.3 Å². The van der Waals surface area contributed by atoms with Gasteiger partial charge in [-0.2, -0.15) is 19.0 Å². The molecular formula is C14H17F2N5O3S.